The maximum absolute atomic E-state index is 12.2. The molecule has 29 heavy (non-hydrogen) atoms. The number of hydrogen-bond acceptors (Lipinski definition) is 6. The van der Waals surface area contributed by atoms with Gasteiger partial charge in [0.05, 0.1) is 15.5 Å². The fourth-order valence-corrected chi connectivity index (χ4v) is 5.20. The van der Waals surface area contributed by atoms with Gasteiger partial charge in [0.25, 0.3) is 0 Å². The smallest absolute Gasteiger partial charge is 0.177 e. The molecule has 0 unspecified atom stereocenters. The first-order chi connectivity index (χ1) is 13.6. The van der Waals surface area contributed by atoms with Crippen LogP contribution in [0.15, 0.2) is 58.3 Å². The van der Waals surface area contributed by atoms with Crippen LogP contribution in [-0.4, -0.2) is 59.9 Å². The molecule has 1 heterocycles. The molecule has 1 saturated heterocycles. The standard InChI is InChI=1S/C21H28N2O4S2/c1-28(24,25)19-8-9-20(21(16-19)29(2,26)27)22-18-11-14-23(15-12-18)13-10-17-6-4-3-5-7-17/h3-9,16,18,22H,10-15H2,1-2H3. The van der Waals surface area contributed by atoms with E-state index in [4.69, 9.17) is 0 Å². The minimum absolute atomic E-state index is 0.0132. The van der Waals surface area contributed by atoms with E-state index in [9.17, 15) is 16.8 Å². The zero-order chi connectivity index (χ0) is 21.1. The van der Waals surface area contributed by atoms with Crippen molar-refractivity contribution in [3.63, 3.8) is 0 Å². The fourth-order valence-electron chi connectivity index (χ4n) is 3.61. The van der Waals surface area contributed by atoms with Crippen molar-refractivity contribution in [1.29, 1.82) is 0 Å². The molecule has 0 bridgehead atoms. The molecule has 0 spiro atoms. The summed E-state index contributed by atoms with van der Waals surface area (Å²) >= 11 is 0. The van der Waals surface area contributed by atoms with Crippen molar-refractivity contribution in [2.45, 2.75) is 35.1 Å². The van der Waals surface area contributed by atoms with E-state index in [-0.39, 0.29) is 15.8 Å². The van der Waals surface area contributed by atoms with Crippen LogP contribution < -0.4 is 5.32 Å². The van der Waals surface area contributed by atoms with E-state index in [1.807, 2.05) is 6.07 Å². The number of nitrogens with one attached hydrogen (secondary N) is 1. The Kier molecular flexibility index (Phi) is 6.65. The minimum atomic E-state index is -3.55. The quantitative estimate of drug-likeness (QED) is 0.718. The highest BCUT2D eigenvalue weighted by atomic mass is 32.2. The molecule has 0 aliphatic carbocycles. The molecule has 0 amide bonds. The molecule has 1 fully saturated rings. The van der Waals surface area contributed by atoms with Crippen molar-refractivity contribution in [3.05, 3.63) is 54.1 Å². The van der Waals surface area contributed by atoms with Gasteiger partial charge in [-0.2, -0.15) is 0 Å². The number of anilines is 1. The van der Waals surface area contributed by atoms with Crippen molar-refractivity contribution >= 4 is 25.4 Å². The summed E-state index contributed by atoms with van der Waals surface area (Å²) in [6, 6.07) is 14.8. The average Bonchev–Trinajstić information content (AvgIpc) is 2.67. The Morgan fingerprint density at radius 2 is 1.59 bits per heavy atom. The topological polar surface area (TPSA) is 83.6 Å². The summed E-state index contributed by atoms with van der Waals surface area (Å²) in [5.74, 6) is 0. The minimum Gasteiger partial charge on any atom is -0.381 e. The lowest BCUT2D eigenvalue weighted by Crippen LogP contribution is -2.40. The van der Waals surface area contributed by atoms with E-state index in [0.29, 0.717) is 5.69 Å². The summed E-state index contributed by atoms with van der Waals surface area (Å²) in [6.07, 6.45) is 5.01. The predicted molar refractivity (Wildman–Crippen MR) is 116 cm³/mol. The van der Waals surface area contributed by atoms with Gasteiger partial charge >= 0.3 is 0 Å². The lowest BCUT2D eigenvalue weighted by atomic mass is 10.0. The van der Waals surface area contributed by atoms with Gasteiger partial charge in [0, 0.05) is 38.2 Å². The first-order valence-corrected chi connectivity index (χ1v) is 13.5. The van der Waals surface area contributed by atoms with Crippen LogP contribution in [0, 0.1) is 0 Å². The summed E-state index contributed by atoms with van der Waals surface area (Å²) in [5.41, 5.74) is 1.80. The van der Waals surface area contributed by atoms with Crippen molar-refractivity contribution in [2.75, 3.05) is 37.5 Å². The van der Waals surface area contributed by atoms with Crippen molar-refractivity contribution in [1.82, 2.24) is 4.90 Å². The molecule has 3 rings (SSSR count). The summed E-state index contributed by atoms with van der Waals surface area (Å²) in [7, 11) is -7.03. The molecule has 0 aromatic heterocycles. The van der Waals surface area contributed by atoms with Crippen LogP contribution >= 0.6 is 0 Å². The number of piperidine rings is 1. The van der Waals surface area contributed by atoms with Crippen LogP contribution in [0.3, 0.4) is 0 Å². The van der Waals surface area contributed by atoms with Crippen molar-refractivity contribution in [3.8, 4) is 0 Å². The van der Waals surface area contributed by atoms with Gasteiger partial charge in [-0.1, -0.05) is 30.3 Å². The first-order valence-electron chi connectivity index (χ1n) is 9.70. The van der Waals surface area contributed by atoms with Crippen molar-refractivity contribution in [2.24, 2.45) is 0 Å². The second kappa shape index (κ2) is 8.85. The van der Waals surface area contributed by atoms with Crippen LogP contribution in [0.5, 0.6) is 0 Å². The highest BCUT2D eigenvalue weighted by Crippen LogP contribution is 2.27. The molecule has 8 heteroatoms. The Bertz CT molecular complexity index is 1040. The Balaban J connectivity index is 1.62. The number of nitrogens with zero attached hydrogens (tertiary/aromatic N) is 1. The van der Waals surface area contributed by atoms with Crippen molar-refractivity contribution < 1.29 is 16.8 Å². The van der Waals surface area contributed by atoms with E-state index >= 15 is 0 Å². The van der Waals surface area contributed by atoms with Gasteiger partial charge in [-0.3, -0.25) is 0 Å². The number of benzene rings is 2. The zero-order valence-electron chi connectivity index (χ0n) is 16.8. The normalized spacial score (nSPS) is 16.6. The Labute approximate surface area is 173 Å². The van der Waals surface area contributed by atoms with Crippen LogP contribution in [0.1, 0.15) is 18.4 Å². The van der Waals surface area contributed by atoms with E-state index in [2.05, 4.69) is 34.5 Å². The number of rotatable bonds is 7. The Hall–Kier alpha value is -1.90. The van der Waals surface area contributed by atoms with E-state index in [1.54, 1.807) is 6.07 Å². The molecule has 1 aliphatic heterocycles. The number of likely N-dealkylation sites (tertiary alicyclic amines) is 1. The van der Waals surface area contributed by atoms with E-state index < -0.39 is 19.7 Å². The van der Waals surface area contributed by atoms with Gasteiger partial charge in [0.15, 0.2) is 19.7 Å². The second-order valence-corrected chi connectivity index (χ2v) is 11.7. The molecule has 0 saturated carbocycles. The molecule has 158 valence electrons. The molecule has 1 N–H and O–H groups in total. The Morgan fingerprint density at radius 1 is 0.931 bits per heavy atom. The molecule has 0 atom stereocenters. The third kappa shape index (κ3) is 6.04. The lowest BCUT2D eigenvalue weighted by Gasteiger charge is -2.33. The molecule has 6 nitrogen and oxygen atoms in total. The van der Waals surface area contributed by atoms with E-state index in [0.717, 1.165) is 51.4 Å². The first kappa shape index (κ1) is 21.8. The highest BCUT2D eigenvalue weighted by molar-refractivity contribution is 7.91. The highest BCUT2D eigenvalue weighted by Gasteiger charge is 2.23. The third-order valence-corrected chi connectivity index (χ3v) is 7.53. The summed E-state index contributed by atoms with van der Waals surface area (Å²) in [5, 5.41) is 3.33. The predicted octanol–water partition coefficient (Wildman–Crippen LogP) is 2.61. The third-order valence-electron chi connectivity index (χ3n) is 5.29. The molecule has 2 aromatic carbocycles. The molecular formula is C21H28N2O4S2. The average molecular weight is 437 g/mol. The lowest BCUT2D eigenvalue weighted by molar-refractivity contribution is 0.221. The maximum atomic E-state index is 12.2. The van der Waals surface area contributed by atoms with Gasteiger partial charge in [-0.25, -0.2) is 16.8 Å². The van der Waals surface area contributed by atoms with Crippen LogP contribution in [-0.2, 0) is 26.1 Å². The van der Waals surface area contributed by atoms with Gasteiger partial charge < -0.3 is 10.2 Å². The molecule has 2 aromatic rings. The van der Waals surface area contributed by atoms with E-state index in [1.165, 1.54) is 17.7 Å². The van der Waals surface area contributed by atoms with Gasteiger partial charge in [-0.15, -0.1) is 0 Å². The van der Waals surface area contributed by atoms with Crippen LogP contribution in [0.4, 0.5) is 5.69 Å². The Morgan fingerprint density at radius 3 is 2.17 bits per heavy atom. The zero-order valence-corrected chi connectivity index (χ0v) is 18.5. The van der Waals surface area contributed by atoms with Crippen LogP contribution in [0.25, 0.3) is 0 Å². The largest absolute Gasteiger partial charge is 0.381 e. The second-order valence-electron chi connectivity index (χ2n) is 7.70. The monoisotopic (exact) mass is 436 g/mol. The molecular weight excluding hydrogens is 408 g/mol. The summed E-state index contributed by atoms with van der Waals surface area (Å²) in [4.78, 5) is 2.47. The molecule has 0 radical (unpaired) electrons. The summed E-state index contributed by atoms with van der Waals surface area (Å²) in [6.45, 7) is 2.90. The van der Waals surface area contributed by atoms with Crippen LogP contribution in [0.2, 0.25) is 0 Å². The molecule has 1 aliphatic rings. The number of hydrogen-bond donors (Lipinski definition) is 1. The summed E-state index contributed by atoms with van der Waals surface area (Å²) < 4.78 is 48.0. The van der Waals surface area contributed by atoms with Gasteiger partial charge in [0.1, 0.15) is 0 Å². The van der Waals surface area contributed by atoms with Gasteiger partial charge in [-0.05, 0) is 43.0 Å². The fraction of sp³-hybridized carbons (Fsp3) is 0.429. The maximum Gasteiger partial charge on any atom is 0.177 e. The van der Waals surface area contributed by atoms with Gasteiger partial charge in [0.2, 0.25) is 0 Å². The SMILES string of the molecule is CS(=O)(=O)c1ccc(NC2CCN(CCc3ccccc3)CC2)c(S(C)(=O)=O)c1. The number of sulfone groups is 2.